The van der Waals surface area contributed by atoms with Crippen molar-refractivity contribution in [1.82, 2.24) is 10.2 Å². The summed E-state index contributed by atoms with van der Waals surface area (Å²) in [5, 5.41) is 3.27. The van der Waals surface area contributed by atoms with Crippen LogP contribution in [0.1, 0.15) is 37.8 Å². The molecule has 2 amide bonds. The predicted molar refractivity (Wildman–Crippen MR) is 157 cm³/mol. The van der Waals surface area contributed by atoms with Crippen LogP contribution < -0.4 is 9.62 Å². The second kappa shape index (κ2) is 13.8. The molecule has 0 heterocycles. The van der Waals surface area contributed by atoms with Crippen LogP contribution in [0.5, 0.6) is 0 Å². The maximum absolute atomic E-state index is 13.9. The number of nitrogens with one attached hydrogen (secondary N) is 1. The van der Waals surface area contributed by atoms with Crippen LogP contribution in [-0.2, 0) is 26.2 Å². The van der Waals surface area contributed by atoms with Crippen LogP contribution in [0.2, 0.25) is 10.0 Å². The summed E-state index contributed by atoms with van der Waals surface area (Å²) in [6.07, 6.45) is 1.72. The van der Waals surface area contributed by atoms with Crippen LogP contribution in [0.4, 0.5) is 5.69 Å². The molecule has 0 aromatic heterocycles. The van der Waals surface area contributed by atoms with E-state index in [4.69, 9.17) is 23.2 Å². The van der Waals surface area contributed by atoms with Crippen molar-refractivity contribution in [2.75, 3.05) is 17.4 Å². The lowest BCUT2D eigenvalue weighted by atomic mass is 10.1. The molecule has 0 saturated carbocycles. The molecule has 3 aromatic carbocycles. The van der Waals surface area contributed by atoms with E-state index in [0.29, 0.717) is 11.6 Å². The van der Waals surface area contributed by atoms with Gasteiger partial charge in [-0.1, -0.05) is 84.6 Å². The largest absolute Gasteiger partial charge is 0.354 e. The molecule has 39 heavy (non-hydrogen) atoms. The first-order chi connectivity index (χ1) is 18.5. The highest BCUT2D eigenvalue weighted by Crippen LogP contribution is 2.33. The molecule has 3 aromatic rings. The summed E-state index contributed by atoms with van der Waals surface area (Å²) >= 11 is 12.5. The van der Waals surface area contributed by atoms with E-state index in [1.54, 1.807) is 25.1 Å². The van der Waals surface area contributed by atoms with Gasteiger partial charge in [-0.15, -0.1) is 0 Å². The first kappa shape index (κ1) is 30.5. The number of hydrogen-bond donors (Lipinski definition) is 1. The maximum Gasteiger partial charge on any atom is 0.264 e. The van der Waals surface area contributed by atoms with Crippen molar-refractivity contribution in [2.45, 2.75) is 51.1 Å². The molecule has 0 unspecified atom stereocenters. The molecule has 0 radical (unpaired) electrons. The molecule has 0 aliphatic rings. The van der Waals surface area contributed by atoms with Gasteiger partial charge in [-0.05, 0) is 56.2 Å². The molecule has 208 valence electrons. The second-order valence-corrected chi connectivity index (χ2v) is 12.0. The average Bonchev–Trinajstić information content (AvgIpc) is 2.91. The van der Waals surface area contributed by atoms with Crippen molar-refractivity contribution in [3.05, 3.63) is 94.0 Å². The first-order valence-corrected chi connectivity index (χ1v) is 14.9. The molecular formula is C29H33Cl2N3O4S. The summed E-state index contributed by atoms with van der Waals surface area (Å²) in [5.41, 5.74) is 1.92. The van der Waals surface area contributed by atoms with E-state index in [1.165, 1.54) is 35.2 Å². The van der Waals surface area contributed by atoms with Gasteiger partial charge in [0.2, 0.25) is 11.8 Å². The van der Waals surface area contributed by atoms with Crippen LogP contribution in [0.25, 0.3) is 0 Å². The zero-order chi connectivity index (χ0) is 28.6. The summed E-state index contributed by atoms with van der Waals surface area (Å²) in [6.45, 7) is 5.63. The molecule has 3 rings (SSSR count). The number of carbonyl (C=O) groups excluding carboxylic acids is 2. The Labute approximate surface area is 240 Å². The monoisotopic (exact) mass is 589 g/mol. The van der Waals surface area contributed by atoms with Crippen molar-refractivity contribution in [3.63, 3.8) is 0 Å². The van der Waals surface area contributed by atoms with Crippen LogP contribution in [-0.4, -0.2) is 44.3 Å². The van der Waals surface area contributed by atoms with E-state index in [0.717, 1.165) is 28.3 Å². The topological polar surface area (TPSA) is 86.8 Å². The Morgan fingerprint density at radius 2 is 1.69 bits per heavy atom. The molecule has 10 heteroatoms. The van der Waals surface area contributed by atoms with E-state index in [-0.39, 0.29) is 28.1 Å². The van der Waals surface area contributed by atoms with Gasteiger partial charge >= 0.3 is 0 Å². The third-order valence-electron chi connectivity index (χ3n) is 6.22. The molecule has 1 atom stereocenters. The van der Waals surface area contributed by atoms with E-state index in [2.05, 4.69) is 5.32 Å². The fourth-order valence-corrected chi connectivity index (χ4v) is 6.06. The second-order valence-electron chi connectivity index (χ2n) is 9.25. The van der Waals surface area contributed by atoms with Gasteiger partial charge < -0.3 is 10.2 Å². The van der Waals surface area contributed by atoms with Crippen LogP contribution in [0.15, 0.2) is 77.7 Å². The van der Waals surface area contributed by atoms with Crippen molar-refractivity contribution in [1.29, 1.82) is 0 Å². The van der Waals surface area contributed by atoms with Crippen molar-refractivity contribution in [2.24, 2.45) is 0 Å². The molecule has 0 fully saturated rings. The number of nitrogens with zero attached hydrogens (tertiary/aromatic N) is 2. The Morgan fingerprint density at radius 1 is 0.974 bits per heavy atom. The molecule has 7 nitrogen and oxygen atoms in total. The number of hydrogen-bond acceptors (Lipinski definition) is 4. The Kier molecular flexibility index (Phi) is 10.8. The number of sulfonamides is 1. The van der Waals surface area contributed by atoms with E-state index in [9.17, 15) is 18.0 Å². The fourth-order valence-electron chi connectivity index (χ4n) is 4.04. The highest BCUT2D eigenvalue weighted by Gasteiger charge is 2.33. The lowest BCUT2D eigenvalue weighted by molar-refractivity contribution is -0.139. The van der Waals surface area contributed by atoms with Crippen LogP contribution in [0.3, 0.4) is 0 Å². The van der Waals surface area contributed by atoms with Gasteiger partial charge in [-0.3, -0.25) is 13.9 Å². The average molecular weight is 591 g/mol. The number of amides is 2. The predicted octanol–water partition coefficient (Wildman–Crippen LogP) is 5.83. The van der Waals surface area contributed by atoms with Gasteiger partial charge in [0.15, 0.2) is 0 Å². The number of aryl methyl sites for hydroxylation is 1. The van der Waals surface area contributed by atoms with Crippen LogP contribution >= 0.6 is 23.2 Å². The summed E-state index contributed by atoms with van der Waals surface area (Å²) < 4.78 is 28.6. The third-order valence-corrected chi connectivity index (χ3v) is 8.53. The van der Waals surface area contributed by atoms with Gasteiger partial charge in [-0.25, -0.2) is 8.42 Å². The number of anilines is 1. The minimum Gasteiger partial charge on any atom is -0.354 e. The van der Waals surface area contributed by atoms with E-state index < -0.39 is 28.5 Å². The zero-order valence-corrected chi connectivity index (χ0v) is 24.6. The summed E-state index contributed by atoms with van der Waals surface area (Å²) in [7, 11) is -4.20. The minimum absolute atomic E-state index is 0.000548. The molecule has 0 aliphatic heterocycles. The highest BCUT2D eigenvalue weighted by molar-refractivity contribution is 7.92. The zero-order valence-electron chi connectivity index (χ0n) is 22.2. The highest BCUT2D eigenvalue weighted by atomic mass is 35.5. The van der Waals surface area contributed by atoms with Crippen LogP contribution in [0, 0.1) is 6.92 Å². The normalized spacial score (nSPS) is 12.0. The molecule has 0 aliphatic carbocycles. The van der Waals surface area contributed by atoms with Gasteiger partial charge in [-0.2, -0.15) is 0 Å². The van der Waals surface area contributed by atoms with Gasteiger partial charge in [0, 0.05) is 18.1 Å². The Bertz CT molecular complexity index is 1400. The number of benzene rings is 3. The SMILES string of the molecule is CCCCNC(=O)[C@H](C)N(Cc1cccc(C)c1)C(=O)CN(c1ccc(Cl)cc1Cl)S(=O)(=O)c1ccccc1. The Hall–Kier alpha value is -3.07. The fraction of sp³-hybridized carbons (Fsp3) is 0.310. The summed E-state index contributed by atoms with van der Waals surface area (Å²) in [5.74, 6) is -0.869. The number of halogens is 2. The lowest BCUT2D eigenvalue weighted by Gasteiger charge is -2.32. The maximum atomic E-state index is 13.9. The molecule has 0 saturated heterocycles. The number of carbonyl (C=O) groups is 2. The van der Waals surface area contributed by atoms with Gasteiger partial charge in [0.1, 0.15) is 12.6 Å². The quantitative estimate of drug-likeness (QED) is 0.269. The Morgan fingerprint density at radius 3 is 2.33 bits per heavy atom. The van der Waals surface area contributed by atoms with E-state index in [1.807, 2.05) is 38.1 Å². The van der Waals surface area contributed by atoms with Crippen molar-refractivity contribution >= 4 is 50.7 Å². The molecule has 0 spiro atoms. The van der Waals surface area contributed by atoms with E-state index >= 15 is 0 Å². The summed E-state index contributed by atoms with van der Waals surface area (Å²) in [6, 6.07) is 18.9. The minimum atomic E-state index is -4.20. The standard InChI is InChI=1S/C29H33Cl2N3O4S/c1-4-5-16-32-29(36)22(3)33(19-23-11-9-10-21(2)17-23)28(35)20-34(27-15-14-24(30)18-26(27)31)39(37,38)25-12-7-6-8-13-25/h6-15,17-18,22H,4-5,16,19-20H2,1-3H3,(H,32,36)/t22-/m0/s1. The molecule has 0 bridgehead atoms. The number of rotatable bonds is 12. The molecular weight excluding hydrogens is 557 g/mol. The summed E-state index contributed by atoms with van der Waals surface area (Å²) in [4.78, 5) is 28.3. The third kappa shape index (κ3) is 7.97. The van der Waals surface area contributed by atoms with Crippen molar-refractivity contribution < 1.29 is 18.0 Å². The first-order valence-electron chi connectivity index (χ1n) is 12.7. The molecule has 1 N–H and O–H groups in total. The smallest absolute Gasteiger partial charge is 0.264 e. The van der Waals surface area contributed by atoms with Gasteiger partial charge in [0.05, 0.1) is 15.6 Å². The Balaban J connectivity index is 2.02. The van der Waals surface area contributed by atoms with Gasteiger partial charge in [0.25, 0.3) is 10.0 Å². The lowest BCUT2D eigenvalue weighted by Crippen LogP contribution is -2.51. The number of unbranched alkanes of at least 4 members (excludes halogenated alkanes) is 1. The van der Waals surface area contributed by atoms with Crippen molar-refractivity contribution in [3.8, 4) is 0 Å².